The van der Waals surface area contributed by atoms with E-state index in [-0.39, 0.29) is 11.5 Å². The Morgan fingerprint density at radius 3 is 2.33 bits per heavy atom. The number of methoxy groups -OCH3 is 1. The van der Waals surface area contributed by atoms with Crippen LogP contribution in [-0.2, 0) is 13.1 Å². The van der Waals surface area contributed by atoms with Gasteiger partial charge in [0.1, 0.15) is 0 Å². The zero-order valence-corrected chi connectivity index (χ0v) is 17.0. The summed E-state index contributed by atoms with van der Waals surface area (Å²) >= 11 is 0. The van der Waals surface area contributed by atoms with Crippen LogP contribution in [0.5, 0.6) is 11.5 Å². The van der Waals surface area contributed by atoms with Crippen LogP contribution in [0.15, 0.2) is 42.6 Å². The maximum Gasteiger partial charge on any atom is 0.422 e. The van der Waals surface area contributed by atoms with Crippen molar-refractivity contribution in [1.82, 2.24) is 20.1 Å². The molecule has 0 spiro atoms. The number of hydrogen-bond acceptors (Lipinski definition) is 5. The van der Waals surface area contributed by atoms with Gasteiger partial charge >= 0.3 is 6.18 Å². The first-order chi connectivity index (χ1) is 14.2. The van der Waals surface area contributed by atoms with Crippen molar-refractivity contribution in [2.45, 2.75) is 33.1 Å². The van der Waals surface area contributed by atoms with Crippen molar-refractivity contribution in [2.75, 3.05) is 13.7 Å². The molecule has 2 heterocycles. The van der Waals surface area contributed by atoms with Gasteiger partial charge in [-0.05, 0) is 49.2 Å². The van der Waals surface area contributed by atoms with Gasteiger partial charge in [-0.1, -0.05) is 12.1 Å². The van der Waals surface area contributed by atoms with Crippen LogP contribution in [0.2, 0.25) is 0 Å². The summed E-state index contributed by atoms with van der Waals surface area (Å²) < 4.78 is 48.8. The van der Waals surface area contributed by atoms with E-state index in [0.29, 0.717) is 13.1 Å². The van der Waals surface area contributed by atoms with Gasteiger partial charge in [0.2, 0.25) is 0 Å². The Morgan fingerprint density at radius 1 is 1.00 bits per heavy atom. The predicted molar refractivity (Wildman–Crippen MR) is 106 cm³/mol. The highest BCUT2D eigenvalue weighted by atomic mass is 19.4. The van der Waals surface area contributed by atoms with E-state index in [1.807, 2.05) is 32.0 Å². The molecule has 0 atom stereocenters. The Balaban J connectivity index is 1.56. The summed E-state index contributed by atoms with van der Waals surface area (Å²) in [4.78, 5) is 4.46. The summed E-state index contributed by atoms with van der Waals surface area (Å²) in [7, 11) is 1.39. The minimum Gasteiger partial charge on any atom is -0.493 e. The van der Waals surface area contributed by atoms with Gasteiger partial charge in [0.05, 0.1) is 12.8 Å². The second kappa shape index (κ2) is 9.17. The van der Waals surface area contributed by atoms with Gasteiger partial charge in [-0.15, -0.1) is 0 Å². The third kappa shape index (κ3) is 5.73. The van der Waals surface area contributed by atoms with Crippen molar-refractivity contribution in [2.24, 2.45) is 0 Å². The minimum absolute atomic E-state index is 0.0579. The summed E-state index contributed by atoms with van der Waals surface area (Å²) in [5.74, 6) is 1.07. The van der Waals surface area contributed by atoms with E-state index in [9.17, 15) is 13.2 Å². The number of nitrogens with one attached hydrogen (secondary N) is 1. The van der Waals surface area contributed by atoms with E-state index in [2.05, 4.69) is 15.4 Å². The van der Waals surface area contributed by atoms with Crippen molar-refractivity contribution >= 4 is 0 Å². The number of rotatable bonds is 8. The van der Waals surface area contributed by atoms with Gasteiger partial charge in [-0.3, -0.25) is 0 Å². The molecule has 0 aliphatic heterocycles. The number of alkyl halides is 3. The molecule has 1 aromatic carbocycles. The molecule has 3 aromatic rings. The molecule has 6 nitrogen and oxygen atoms in total. The highest BCUT2D eigenvalue weighted by Crippen LogP contribution is 2.29. The quantitative estimate of drug-likeness (QED) is 0.594. The molecule has 160 valence electrons. The molecule has 3 rings (SSSR count). The first-order valence-electron chi connectivity index (χ1n) is 9.31. The molecule has 0 saturated heterocycles. The van der Waals surface area contributed by atoms with Crippen LogP contribution in [0, 0.1) is 13.8 Å². The standard InChI is InChI=1S/C21H23F3N4O2/c1-14-8-15(2)28(27-14)20-7-5-17(12-26-20)11-25-10-16-4-6-18(19(9-16)29-3)30-13-21(22,23)24/h4-9,12,25H,10-11,13H2,1-3H3. The summed E-state index contributed by atoms with van der Waals surface area (Å²) in [5.41, 5.74) is 3.81. The van der Waals surface area contributed by atoms with Gasteiger partial charge in [-0.25, -0.2) is 9.67 Å². The summed E-state index contributed by atoms with van der Waals surface area (Å²) in [5, 5.41) is 7.70. The topological polar surface area (TPSA) is 61.2 Å². The van der Waals surface area contributed by atoms with Crippen molar-refractivity contribution < 1.29 is 22.6 Å². The van der Waals surface area contributed by atoms with Crippen LogP contribution in [0.1, 0.15) is 22.5 Å². The molecule has 0 amide bonds. The van der Waals surface area contributed by atoms with Crippen molar-refractivity contribution in [3.8, 4) is 17.3 Å². The number of nitrogens with zero attached hydrogens (tertiary/aromatic N) is 3. The number of benzene rings is 1. The number of pyridine rings is 1. The van der Waals surface area contributed by atoms with Crippen LogP contribution in [0.4, 0.5) is 13.2 Å². The van der Waals surface area contributed by atoms with Crippen molar-refractivity contribution in [3.05, 3.63) is 65.1 Å². The Labute approximate surface area is 172 Å². The summed E-state index contributed by atoms with van der Waals surface area (Å²) in [6, 6.07) is 10.7. The predicted octanol–water partition coefficient (Wildman–Crippen LogP) is 4.12. The molecular weight excluding hydrogens is 397 g/mol. The molecule has 0 saturated carbocycles. The largest absolute Gasteiger partial charge is 0.493 e. The van der Waals surface area contributed by atoms with Crippen LogP contribution >= 0.6 is 0 Å². The molecule has 0 fully saturated rings. The summed E-state index contributed by atoms with van der Waals surface area (Å²) in [6.07, 6.45) is -2.61. The van der Waals surface area contributed by atoms with Gasteiger partial charge in [0.25, 0.3) is 0 Å². The molecule has 0 radical (unpaired) electrons. The van der Waals surface area contributed by atoms with E-state index in [1.54, 1.807) is 23.0 Å². The fraction of sp³-hybridized carbons (Fsp3) is 0.333. The summed E-state index contributed by atoms with van der Waals surface area (Å²) in [6.45, 7) is 3.65. The molecule has 0 bridgehead atoms. The lowest BCUT2D eigenvalue weighted by atomic mass is 10.2. The van der Waals surface area contributed by atoms with Crippen molar-refractivity contribution in [1.29, 1.82) is 0 Å². The Hall–Kier alpha value is -3.07. The average Bonchev–Trinajstić information content (AvgIpc) is 3.04. The molecular formula is C21H23F3N4O2. The Bertz CT molecular complexity index is 985. The van der Waals surface area contributed by atoms with E-state index in [1.165, 1.54) is 13.2 Å². The van der Waals surface area contributed by atoms with E-state index >= 15 is 0 Å². The van der Waals surface area contributed by atoms with Gasteiger partial charge < -0.3 is 14.8 Å². The second-order valence-corrected chi connectivity index (χ2v) is 6.86. The number of halogens is 3. The molecule has 0 aliphatic rings. The Kier molecular flexibility index (Phi) is 6.61. The number of ether oxygens (including phenoxy) is 2. The van der Waals surface area contributed by atoms with Gasteiger partial charge in [0, 0.05) is 25.0 Å². The van der Waals surface area contributed by atoms with Gasteiger partial charge in [0.15, 0.2) is 23.9 Å². The molecule has 30 heavy (non-hydrogen) atoms. The average molecular weight is 420 g/mol. The fourth-order valence-electron chi connectivity index (χ4n) is 2.96. The molecule has 9 heteroatoms. The van der Waals surface area contributed by atoms with Crippen LogP contribution < -0.4 is 14.8 Å². The van der Waals surface area contributed by atoms with Crippen LogP contribution in [0.25, 0.3) is 5.82 Å². The lowest BCUT2D eigenvalue weighted by Gasteiger charge is -2.14. The maximum absolute atomic E-state index is 12.3. The lowest BCUT2D eigenvalue weighted by Crippen LogP contribution is -2.19. The normalized spacial score (nSPS) is 11.5. The SMILES string of the molecule is COc1cc(CNCc2ccc(-n3nc(C)cc3C)nc2)ccc1OCC(F)(F)F. The second-order valence-electron chi connectivity index (χ2n) is 6.86. The van der Waals surface area contributed by atoms with E-state index in [0.717, 1.165) is 28.3 Å². The van der Waals surface area contributed by atoms with E-state index < -0.39 is 12.8 Å². The molecule has 0 aliphatic carbocycles. The number of aromatic nitrogens is 3. The monoisotopic (exact) mass is 420 g/mol. The Morgan fingerprint density at radius 2 is 1.73 bits per heavy atom. The van der Waals surface area contributed by atoms with Crippen LogP contribution in [-0.4, -0.2) is 34.7 Å². The van der Waals surface area contributed by atoms with Gasteiger partial charge in [-0.2, -0.15) is 18.3 Å². The smallest absolute Gasteiger partial charge is 0.422 e. The maximum atomic E-state index is 12.3. The minimum atomic E-state index is -4.40. The third-order valence-electron chi connectivity index (χ3n) is 4.31. The zero-order valence-electron chi connectivity index (χ0n) is 17.0. The van der Waals surface area contributed by atoms with Crippen molar-refractivity contribution in [3.63, 3.8) is 0 Å². The first kappa shape index (κ1) is 21.6. The fourth-order valence-corrected chi connectivity index (χ4v) is 2.96. The molecule has 0 unspecified atom stereocenters. The van der Waals surface area contributed by atoms with E-state index in [4.69, 9.17) is 9.47 Å². The lowest BCUT2D eigenvalue weighted by molar-refractivity contribution is -0.153. The first-order valence-corrected chi connectivity index (χ1v) is 9.31. The highest BCUT2D eigenvalue weighted by molar-refractivity contribution is 5.43. The number of hydrogen-bond donors (Lipinski definition) is 1. The zero-order chi connectivity index (χ0) is 21.7. The highest BCUT2D eigenvalue weighted by Gasteiger charge is 2.29. The third-order valence-corrected chi connectivity index (χ3v) is 4.31. The number of aryl methyl sites for hydroxylation is 2. The molecule has 1 N–H and O–H groups in total. The molecule has 2 aromatic heterocycles. The van der Waals surface area contributed by atoms with Crippen LogP contribution in [0.3, 0.4) is 0 Å².